The Kier molecular flexibility index (Phi) is 2.76. The summed E-state index contributed by atoms with van der Waals surface area (Å²) in [6.45, 7) is -1.32. The fraction of sp³-hybridized carbons (Fsp3) is 0.500. The summed E-state index contributed by atoms with van der Waals surface area (Å²) in [5, 5.41) is 0. The Hall–Kier alpha value is -1.24. The number of rotatable bonds is 3. The molecule has 7 heteroatoms. The van der Waals surface area contributed by atoms with Gasteiger partial charge in [0.1, 0.15) is 6.26 Å². The van der Waals surface area contributed by atoms with Crippen LogP contribution in [0.3, 0.4) is 0 Å². The summed E-state index contributed by atoms with van der Waals surface area (Å²) >= 11 is 0. The quantitative estimate of drug-likeness (QED) is 0.785. The van der Waals surface area contributed by atoms with Gasteiger partial charge in [-0.2, -0.15) is 18.2 Å². The zero-order valence-corrected chi connectivity index (χ0v) is 6.47. The molecule has 0 bridgehead atoms. The first-order chi connectivity index (χ1) is 6.01. The molecule has 0 aliphatic heterocycles. The summed E-state index contributed by atoms with van der Waals surface area (Å²) in [5.74, 6) is 0. The van der Waals surface area contributed by atoms with Gasteiger partial charge >= 0.3 is 12.3 Å². The normalized spacial score (nSPS) is 11.7. The van der Waals surface area contributed by atoms with Gasteiger partial charge < -0.3 is 14.9 Å². The maximum Gasteiger partial charge on any atom is 0.422 e. The highest BCUT2D eigenvalue weighted by Crippen LogP contribution is 2.17. The minimum absolute atomic E-state index is 0.0961. The molecule has 13 heavy (non-hydrogen) atoms. The highest BCUT2D eigenvalue weighted by atomic mass is 19.4. The number of nitrogens with zero attached hydrogens (tertiary/aromatic N) is 1. The first-order valence-electron chi connectivity index (χ1n) is 3.35. The Balaban J connectivity index is 2.46. The second kappa shape index (κ2) is 3.65. The van der Waals surface area contributed by atoms with Gasteiger partial charge in [-0.3, -0.25) is 0 Å². The van der Waals surface area contributed by atoms with Crippen molar-refractivity contribution in [3.63, 3.8) is 0 Å². The number of nitrogens with two attached hydrogens (primary N) is 1. The summed E-state index contributed by atoms with van der Waals surface area (Å²) in [6.07, 6.45) is -3.67. The molecule has 0 aliphatic carbocycles. The van der Waals surface area contributed by atoms with E-state index in [1.165, 1.54) is 0 Å². The monoisotopic (exact) mass is 196 g/mol. The first kappa shape index (κ1) is 9.85. The van der Waals surface area contributed by atoms with Gasteiger partial charge in [-0.25, -0.2) is 0 Å². The molecule has 1 aromatic heterocycles. The van der Waals surface area contributed by atoms with E-state index in [2.05, 4.69) is 14.1 Å². The van der Waals surface area contributed by atoms with Crippen molar-refractivity contribution in [3.05, 3.63) is 12.0 Å². The lowest BCUT2D eigenvalue weighted by Crippen LogP contribution is -2.19. The smallest absolute Gasteiger partial charge is 0.422 e. The predicted octanol–water partition coefficient (Wildman–Crippen LogP) is 1.07. The summed E-state index contributed by atoms with van der Waals surface area (Å²) in [7, 11) is 0. The molecular weight excluding hydrogens is 189 g/mol. The molecule has 1 aromatic rings. The molecule has 1 rings (SSSR count). The number of oxazole rings is 1. The van der Waals surface area contributed by atoms with Crippen LogP contribution in [0.15, 0.2) is 10.7 Å². The minimum atomic E-state index is -4.39. The van der Waals surface area contributed by atoms with E-state index in [0.29, 0.717) is 5.69 Å². The zero-order chi connectivity index (χ0) is 9.90. The SMILES string of the molecule is NCc1coc(OCC(F)(F)F)n1. The molecule has 0 aliphatic rings. The van der Waals surface area contributed by atoms with Crippen molar-refractivity contribution in [1.29, 1.82) is 0 Å². The third kappa shape index (κ3) is 3.32. The Morgan fingerprint density at radius 2 is 2.23 bits per heavy atom. The maximum atomic E-state index is 11.6. The van der Waals surface area contributed by atoms with E-state index in [1.54, 1.807) is 0 Å². The molecule has 0 aromatic carbocycles. The predicted molar refractivity (Wildman–Crippen MR) is 35.9 cm³/mol. The van der Waals surface area contributed by atoms with Crippen LogP contribution in [-0.2, 0) is 6.54 Å². The molecule has 4 nitrogen and oxygen atoms in total. The second-order valence-corrected chi connectivity index (χ2v) is 2.21. The van der Waals surface area contributed by atoms with E-state index in [4.69, 9.17) is 5.73 Å². The van der Waals surface area contributed by atoms with Crippen LogP contribution in [0, 0.1) is 0 Å². The van der Waals surface area contributed by atoms with Gasteiger partial charge in [0.25, 0.3) is 0 Å². The molecule has 74 valence electrons. The number of ether oxygens (including phenoxy) is 1. The van der Waals surface area contributed by atoms with E-state index < -0.39 is 18.9 Å². The van der Waals surface area contributed by atoms with Crippen molar-refractivity contribution >= 4 is 0 Å². The van der Waals surface area contributed by atoms with E-state index in [-0.39, 0.29) is 6.54 Å². The van der Waals surface area contributed by atoms with Crippen LogP contribution in [0.5, 0.6) is 6.08 Å². The van der Waals surface area contributed by atoms with Crippen molar-refractivity contribution in [2.24, 2.45) is 5.73 Å². The fourth-order valence-corrected chi connectivity index (χ4v) is 0.592. The molecule has 0 amide bonds. The first-order valence-corrected chi connectivity index (χ1v) is 3.35. The Bertz CT molecular complexity index is 271. The molecular formula is C6H7F3N2O2. The molecule has 0 radical (unpaired) electrons. The third-order valence-electron chi connectivity index (χ3n) is 1.10. The Morgan fingerprint density at radius 1 is 1.54 bits per heavy atom. The van der Waals surface area contributed by atoms with Gasteiger partial charge in [0.15, 0.2) is 6.61 Å². The fourth-order valence-electron chi connectivity index (χ4n) is 0.592. The average Bonchev–Trinajstić information content (AvgIpc) is 2.47. The highest BCUT2D eigenvalue weighted by Gasteiger charge is 2.29. The molecule has 2 N–H and O–H groups in total. The van der Waals surface area contributed by atoms with Gasteiger partial charge in [0, 0.05) is 6.54 Å². The average molecular weight is 196 g/mol. The highest BCUT2D eigenvalue weighted by molar-refractivity contribution is 4.98. The molecule has 1 heterocycles. The summed E-state index contributed by atoms with van der Waals surface area (Å²) in [5.41, 5.74) is 5.49. The van der Waals surface area contributed by atoms with E-state index in [1.807, 2.05) is 0 Å². The molecule has 0 unspecified atom stereocenters. The van der Waals surface area contributed by atoms with Crippen molar-refractivity contribution in [1.82, 2.24) is 4.98 Å². The lowest BCUT2D eigenvalue weighted by molar-refractivity contribution is -0.156. The van der Waals surface area contributed by atoms with Crippen molar-refractivity contribution in [2.45, 2.75) is 12.7 Å². The molecule has 0 saturated carbocycles. The van der Waals surface area contributed by atoms with Gasteiger partial charge in [-0.15, -0.1) is 0 Å². The number of aromatic nitrogens is 1. The van der Waals surface area contributed by atoms with Crippen molar-refractivity contribution in [3.8, 4) is 6.08 Å². The topological polar surface area (TPSA) is 61.3 Å². The van der Waals surface area contributed by atoms with Crippen LogP contribution in [-0.4, -0.2) is 17.8 Å². The Morgan fingerprint density at radius 3 is 2.69 bits per heavy atom. The lowest BCUT2D eigenvalue weighted by Gasteiger charge is -2.04. The number of alkyl halides is 3. The van der Waals surface area contributed by atoms with Gasteiger partial charge in [0.05, 0.1) is 5.69 Å². The van der Waals surface area contributed by atoms with Crippen LogP contribution >= 0.6 is 0 Å². The van der Waals surface area contributed by atoms with Crippen LogP contribution in [0.2, 0.25) is 0 Å². The van der Waals surface area contributed by atoms with Crippen LogP contribution in [0.25, 0.3) is 0 Å². The lowest BCUT2D eigenvalue weighted by atomic mass is 10.5. The van der Waals surface area contributed by atoms with Crippen LogP contribution in [0.4, 0.5) is 13.2 Å². The van der Waals surface area contributed by atoms with Gasteiger partial charge in [-0.05, 0) is 0 Å². The molecule has 0 atom stereocenters. The summed E-state index contributed by atoms with van der Waals surface area (Å²) < 4.78 is 43.6. The number of hydrogen-bond donors (Lipinski definition) is 1. The number of hydrogen-bond acceptors (Lipinski definition) is 4. The molecule has 0 spiro atoms. The zero-order valence-electron chi connectivity index (χ0n) is 6.47. The number of halogens is 3. The van der Waals surface area contributed by atoms with Crippen LogP contribution < -0.4 is 10.5 Å². The molecule has 0 saturated heterocycles. The maximum absolute atomic E-state index is 11.6. The largest absolute Gasteiger partial charge is 0.441 e. The molecule has 0 fully saturated rings. The van der Waals surface area contributed by atoms with Gasteiger partial charge in [0.2, 0.25) is 0 Å². The van der Waals surface area contributed by atoms with Gasteiger partial charge in [-0.1, -0.05) is 0 Å². The van der Waals surface area contributed by atoms with E-state index in [9.17, 15) is 13.2 Å². The van der Waals surface area contributed by atoms with Crippen molar-refractivity contribution < 1.29 is 22.3 Å². The Labute approximate surface area is 71.5 Å². The minimum Gasteiger partial charge on any atom is -0.441 e. The standard InChI is InChI=1S/C6H7F3N2O2/c7-6(8,9)3-13-5-11-4(1-10)2-12-5/h2H,1,3,10H2. The van der Waals surface area contributed by atoms with Crippen molar-refractivity contribution in [2.75, 3.05) is 6.61 Å². The second-order valence-electron chi connectivity index (χ2n) is 2.21. The third-order valence-corrected chi connectivity index (χ3v) is 1.10. The van der Waals surface area contributed by atoms with Crippen LogP contribution in [0.1, 0.15) is 5.69 Å². The summed E-state index contributed by atoms with van der Waals surface area (Å²) in [6, 6.07) is 0. The summed E-state index contributed by atoms with van der Waals surface area (Å²) in [4.78, 5) is 3.52. The van der Waals surface area contributed by atoms with E-state index >= 15 is 0 Å². The van der Waals surface area contributed by atoms with E-state index in [0.717, 1.165) is 6.26 Å².